The van der Waals surface area contributed by atoms with Crippen molar-refractivity contribution in [3.63, 3.8) is 0 Å². The third-order valence-corrected chi connectivity index (χ3v) is 5.42. The number of rotatable bonds is 1. The Labute approximate surface area is 91.0 Å². The number of aliphatic hydroxyl groups excluding tert-OH is 1. The van der Waals surface area contributed by atoms with Crippen LogP contribution in [-0.4, -0.2) is 44.2 Å². The molecule has 2 aliphatic heterocycles. The number of nitrogens with one attached hydrogen (secondary N) is 1. The Morgan fingerprint density at radius 3 is 2.40 bits per heavy atom. The summed E-state index contributed by atoms with van der Waals surface area (Å²) in [4.78, 5) is 0. The molecule has 2 N–H and O–H groups in total. The average Bonchev–Trinajstić information content (AvgIpc) is 2.19. The lowest BCUT2D eigenvalue weighted by atomic mass is 9.80. The van der Waals surface area contributed by atoms with Crippen molar-refractivity contribution in [2.75, 3.05) is 24.6 Å². The van der Waals surface area contributed by atoms with Crippen molar-refractivity contribution in [1.29, 1.82) is 0 Å². The summed E-state index contributed by atoms with van der Waals surface area (Å²) in [6.45, 7) is 1.61. The normalized spacial score (nSPS) is 37.7. The maximum absolute atomic E-state index is 11.3. The maximum Gasteiger partial charge on any atom is 0.150 e. The third-order valence-electron chi connectivity index (χ3n) is 3.71. The van der Waals surface area contributed by atoms with Crippen LogP contribution in [0.3, 0.4) is 0 Å². The van der Waals surface area contributed by atoms with E-state index in [-0.39, 0.29) is 6.10 Å². The Morgan fingerprint density at radius 2 is 1.80 bits per heavy atom. The van der Waals surface area contributed by atoms with E-state index in [4.69, 9.17) is 0 Å². The largest absolute Gasteiger partial charge is 0.392 e. The van der Waals surface area contributed by atoms with Crippen molar-refractivity contribution in [3.8, 4) is 0 Å². The molecule has 0 aliphatic carbocycles. The molecule has 0 aromatic carbocycles. The van der Waals surface area contributed by atoms with Crippen LogP contribution in [-0.2, 0) is 9.84 Å². The van der Waals surface area contributed by atoms with Gasteiger partial charge in [-0.05, 0) is 37.6 Å². The second kappa shape index (κ2) is 4.39. The van der Waals surface area contributed by atoms with Gasteiger partial charge >= 0.3 is 0 Å². The quantitative estimate of drug-likeness (QED) is 0.657. The van der Waals surface area contributed by atoms with E-state index < -0.39 is 9.84 Å². The Bertz CT molecular complexity index is 301. The van der Waals surface area contributed by atoms with E-state index in [0.29, 0.717) is 29.9 Å². The molecular formula is C10H19NO3S. The number of aliphatic hydroxyl groups is 1. The van der Waals surface area contributed by atoms with Crippen LogP contribution in [0.1, 0.15) is 19.3 Å². The summed E-state index contributed by atoms with van der Waals surface area (Å²) < 4.78 is 22.6. The number of β-amino-alcohol motifs (C(OH)–C–C–N with tert-alkyl or cyclic N) is 1. The van der Waals surface area contributed by atoms with Gasteiger partial charge in [0.1, 0.15) is 9.84 Å². The molecule has 2 aliphatic rings. The van der Waals surface area contributed by atoms with Crippen LogP contribution >= 0.6 is 0 Å². The van der Waals surface area contributed by atoms with Gasteiger partial charge in [0.05, 0.1) is 17.6 Å². The molecule has 0 aromatic rings. The number of sulfone groups is 1. The van der Waals surface area contributed by atoms with E-state index in [0.717, 1.165) is 25.8 Å². The molecule has 4 nitrogen and oxygen atoms in total. The molecule has 0 aromatic heterocycles. The fourth-order valence-electron chi connectivity index (χ4n) is 2.75. The van der Waals surface area contributed by atoms with Crippen molar-refractivity contribution in [2.24, 2.45) is 11.8 Å². The lowest BCUT2D eigenvalue weighted by Crippen LogP contribution is -2.45. The fraction of sp³-hybridized carbons (Fsp3) is 1.00. The molecule has 2 saturated heterocycles. The van der Waals surface area contributed by atoms with Crippen molar-refractivity contribution in [2.45, 2.75) is 25.4 Å². The van der Waals surface area contributed by atoms with Crippen LogP contribution in [0, 0.1) is 11.8 Å². The average molecular weight is 233 g/mol. The first-order valence-electron chi connectivity index (χ1n) is 5.68. The van der Waals surface area contributed by atoms with Crippen molar-refractivity contribution >= 4 is 9.84 Å². The summed E-state index contributed by atoms with van der Waals surface area (Å²) in [6, 6.07) is 0. The van der Waals surface area contributed by atoms with Crippen molar-refractivity contribution in [3.05, 3.63) is 0 Å². The summed E-state index contributed by atoms with van der Waals surface area (Å²) in [5.41, 5.74) is 0. The van der Waals surface area contributed by atoms with Gasteiger partial charge in [0.25, 0.3) is 0 Å². The van der Waals surface area contributed by atoms with Crippen LogP contribution in [0.15, 0.2) is 0 Å². The van der Waals surface area contributed by atoms with Gasteiger partial charge in [-0.2, -0.15) is 0 Å². The SMILES string of the molecule is O=S1(=O)CCC(C2CCNCC2O)CC1. The molecule has 0 saturated carbocycles. The number of hydrogen-bond acceptors (Lipinski definition) is 4. The summed E-state index contributed by atoms with van der Waals surface area (Å²) in [5, 5.41) is 13.0. The summed E-state index contributed by atoms with van der Waals surface area (Å²) in [5.74, 6) is 1.34. The predicted molar refractivity (Wildman–Crippen MR) is 58.4 cm³/mol. The van der Waals surface area contributed by atoms with Crippen molar-refractivity contribution in [1.82, 2.24) is 5.32 Å². The van der Waals surface area contributed by atoms with Crippen LogP contribution in [0.2, 0.25) is 0 Å². The molecule has 0 spiro atoms. The highest BCUT2D eigenvalue weighted by Crippen LogP contribution is 2.31. The summed E-state index contributed by atoms with van der Waals surface area (Å²) in [6.07, 6.45) is 2.17. The molecule has 0 radical (unpaired) electrons. The lowest BCUT2D eigenvalue weighted by Gasteiger charge is -2.36. The molecule has 15 heavy (non-hydrogen) atoms. The van der Waals surface area contributed by atoms with E-state index >= 15 is 0 Å². The molecule has 2 atom stereocenters. The van der Waals surface area contributed by atoms with Gasteiger partial charge in [-0.25, -0.2) is 8.42 Å². The first-order chi connectivity index (χ1) is 7.08. The van der Waals surface area contributed by atoms with Gasteiger partial charge in [0.15, 0.2) is 0 Å². The zero-order valence-corrected chi connectivity index (χ0v) is 9.67. The first-order valence-corrected chi connectivity index (χ1v) is 7.50. The highest BCUT2D eigenvalue weighted by atomic mass is 32.2. The van der Waals surface area contributed by atoms with E-state index in [1.165, 1.54) is 0 Å². The number of piperidine rings is 1. The van der Waals surface area contributed by atoms with Crippen LogP contribution in [0.25, 0.3) is 0 Å². The minimum atomic E-state index is -2.77. The van der Waals surface area contributed by atoms with Gasteiger partial charge in [-0.1, -0.05) is 0 Å². The van der Waals surface area contributed by atoms with Gasteiger partial charge in [-0.3, -0.25) is 0 Å². The second-order valence-electron chi connectivity index (χ2n) is 4.71. The summed E-state index contributed by atoms with van der Waals surface area (Å²) in [7, 11) is -2.77. The highest BCUT2D eigenvalue weighted by molar-refractivity contribution is 7.91. The Kier molecular flexibility index (Phi) is 3.33. The Morgan fingerprint density at radius 1 is 1.13 bits per heavy atom. The van der Waals surface area contributed by atoms with Crippen LogP contribution in [0.4, 0.5) is 0 Å². The third kappa shape index (κ3) is 2.71. The van der Waals surface area contributed by atoms with Gasteiger partial charge in [0, 0.05) is 6.54 Å². The smallest absolute Gasteiger partial charge is 0.150 e. The first kappa shape index (κ1) is 11.4. The molecule has 2 fully saturated rings. The zero-order chi connectivity index (χ0) is 10.9. The second-order valence-corrected chi connectivity index (χ2v) is 7.02. The molecule has 88 valence electrons. The van der Waals surface area contributed by atoms with Crippen molar-refractivity contribution < 1.29 is 13.5 Å². The maximum atomic E-state index is 11.3. The van der Waals surface area contributed by atoms with Gasteiger partial charge < -0.3 is 10.4 Å². The topological polar surface area (TPSA) is 66.4 Å². The number of hydrogen-bond donors (Lipinski definition) is 2. The zero-order valence-electron chi connectivity index (χ0n) is 8.85. The Hall–Kier alpha value is -0.130. The van der Waals surface area contributed by atoms with E-state index in [2.05, 4.69) is 5.32 Å². The standard InChI is InChI=1S/C10H19NO3S/c12-10-7-11-4-1-9(10)8-2-5-15(13,14)6-3-8/h8-12H,1-7H2. The molecule has 0 amide bonds. The van der Waals surface area contributed by atoms with Gasteiger partial charge in [0.2, 0.25) is 0 Å². The highest BCUT2D eigenvalue weighted by Gasteiger charge is 2.34. The molecule has 5 heteroatoms. The lowest BCUT2D eigenvalue weighted by molar-refractivity contribution is 0.0444. The molecule has 2 heterocycles. The van der Waals surface area contributed by atoms with Crippen LogP contribution < -0.4 is 5.32 Å². The monoisotopic (exact) mass is 233 g/mol. The minimum absolute atomic E-state index is 0.287. The Balaban J connectivity index is 1.94. The molecule has 0 bridgehead atoms. The predicted octanol–water partition coefficient (Wildman–Crippen LogP) is -0.218. The van der Waals surface area contributed by atoms with Crippen LogP contribution in [0.5, 0.6) is 0 Å². The fourth-order valence-corrected chi connectivity index (χ4v) is 4.28. The van der Waals surface area contributed by atoms with E-state index in [1.807, 2.05) is 0 Å². The van der Waals surface area contributed by atoms with E-state index in [1.54, 1.807) is 0 Å². The summed E-state index contributed by atoms with van der Waals surface area (Å²) >= 11 is 0. The van der Waals surface area contributed by atoms with Gasteiger partial charge in [-0.15, -0.1) is 0 Å². The molecule has 2 rings (SSSR count). The molecular weight excluding hydrogens is 214 g/mol. The molecule has 2 unspecified atom stereocenters. The van der Waals surface area contributed by atoms with E-state index in [9.17, 15) is 13.5 Å². The minimum Gasteiger partial charge on any atom is -0.392 e.